The van der Waals surface area contributed by atoms with Crippen LogP contribution in [0.15, 0.2) is 24.3 Å². The third-order valence-corrected chi connectivity index (χ3v) is 2.71. The van der Waals surface area contributed by atoms with E-state index in [9.17, 15) is 4.79 Å². The maximum absolute atomic E-state index is 11.4. The zero-order valence-corrected chi connectivity index (χ0v) is 10.9. The molecule has 0 spiro atoms. The van der Waals surface area contributed by atoms with Gasteiger partial charge in [0.1, 0.15) is 5.75 Å². The van der Waals surface area contributed by atoms with E-state index in [1.54, 1.807) is 0 Å². The molecule has 0 saturated heterocycles. The lowest BCUT2D eigenvalue weighted by molar-refractivity contribution is -0.134. The second-order valence-corrected chi connectivity index (χ2v) is 4.33. The Morgan fingerprint density at radius 3 is 2.29 bits per heavy atom. The Balaban J connectivity index is 2.42. The molecule has 0 aliphatic rings. The minimum atomic E-state index is -0.131. The van der Waals surface area contributed by atoms with Crippen LogP contribution < -0.4 is 4.74 Å². The normalized spacial score (nSPS) is 10.2. The molecular weight excluding hydrogens is 212 g/mol. The zero-order chi connectivity index (χ0) is 12.5. The van der Waals surface area contributed by atoms with E-state index < -0.39 is 0 Å². The van der Waals surface area contributed by atoms with Crippen LogP contribution in [-0.2, 0) is 11.2 Å². The lowest BCUT2D eigenvalue weighted by Crippen LogP contribution is -2.07. The maximum atomic E-state index is 11.4. The van der Waals surface area contributed by atoms with Crippen LogP contribution in [0.25, 0.3) is 0 Å². The van der Waals surface area contributed by atoms with Crippen LogP contribution in [-0.4, -0.2) is 5.97 Å². The first-order chi connectivity index (χ1) is 8.26. The SMILES string of the molecule is CCCCC(=O)Oc1ccc(CCCC)cc1. The first-order valence-electron chi connectivity index (χ1n) is 6.56. The van der Waals surface area contributed by atoms with Crippen molar-refractivity contribution in [3.8, 4) is 5.75 Å². The summed E-state index contributed by atoms with van der Waals surface area (Å²) in [6, 6.07) is 7.85. The minimum absolute atomic E-state index is 0.131. The summed E-state index contributed by atoms with van der Waals surface area (Å²) in [5.41, 5.74) is 1.31. The highest BCUT2D eigenvalue weighted by atomic mass is 16.5. The topological polar surface area (TPSA) is 26.3 Å². The second-order valence-electron chi connectivity index (χ2n) is 4.33. The number of ether oxygens (including phenoxy) is 1. The molecule has 17 heavy (non-hydrogen) atoms. The van der Waals surface area contributed by atoms with Crippen molar-refractivity contribution < 1.29 is 9.53 Å². The fraction of sp³-hybridized carbons (Fsp3) is 0.533. The van der Waals surface area contributed by atoms with E-state index in [0.717, 1.165) is 19.3 Å². The molecule has 1 aromatic carbocycles. The fourth-order valence-electron chi connectivity index (χ4n) is 1.61. The molecule has 0 amide bonds. The van der Waals surface area contributed by atoms with E-state index in [2.05, 4.69) is 13.8 Å². The summed E-state index contributed by atoms with van der Waals surface area (Å²) < 4.78 is 5.24. The number of aryl methyl sites for hydroxylation is 1. The van der Waals surface area contributed by atoms with Crippen LogP contribution in [0.5, 0.6) is 5.75 Å². The van der Waals surface area contributed by atoms with Gasteiger partial charge in [-0.1, -0.05) is 38.8 Å². The Bertz CT molecular complexity index is 327. The first-order valence-corrected chi connectivity index (χ1v) is 6.56. The third-order valence-electron chi connectivity index (χ3n) is 2.71. The second kappa shape index (κ2) is 7.88. The van der Waals surface area contributed by atoms with Crippen molar-refractivity contribution in [2.45, 2.75) is 52.4 Å². The fourth-order valence-corrected chi connectivity index (χ4v) is 1.61. The number of carbonyl (C=O) groups is 1. The van der Waals surface area contributed by atoms with Gasteiger partial charge < -0.3 is 4.74 Å². The summed E-state index contributed by atoms with van der Waals surface area (Å²) in [4.78, 5) is 11.4. The van der Waals surface area contributed by atoms with Crippen molar-refractivity contribution in [1.82, 2.24) is 0 Å². The quantitative estimate of drug-likeness (QED) is 0.524. The zero-order valence-electron chi connectivity index (χ0n) is 10.9. The van der Waals surface area contributed by atoms with Crippen LogP contribution >= 0.6 is 0 Å². The molecule has 0 N–H and O–H groups in total. The maximum Gasteiger partial charge on any atom is 0.311 e. The van der Waals surface area contributed by atoms with Gasteiger partial charge in [-0.25, -0.2) is 0 Å². The highest BCUT2D eigenvalue weighted by molar-refractivity contribution is 5.72. The van der Waals surface area contributed by atoms with Gasteiger partial charge in [0.2, 0.25) is 0 Å². The molecule has 0 aliphatic carbocycles. The average Bonchev–Trinajstić information content (AvgIpc) is 2.35. The number of hydrogen-bond donors (Lipinski definition) is 0. The van der Waals surface area contributed by atoms with Crippen molar-refractivity contribution in [1.29, 1.82) is 0 Å². The summed E-state index contributed by atoms with van der Waals surface area (Å²) in [7, 11) is 0. The molecule has 0 unspecified atom stereocenters. The van der Waals surface area contributed by atoms with E-state index in [1.165, 1.54) is 18.4 Å². The third kappa shape index (κ3) is 5.53. The highest BCUT2D eigenvalue weighted by Crippen LogP contribution is 2.14. The molecule has 0 bridgehead atoms. The molecule has 0 fully saturated rings. The van der Waals surface area contributed by atoms with Crippen LogP contribution in [0.2, 0.25) is 0 Å². The van der Waals surface area contributed by atoms with Gasteiger partial charge >= 0.3 is 5.97 Å². The molecule has 0 atom stereocenters. The molecule has 0 aromatic heterocycles. The van der Waals surface area contributed by atoms with Gasteiger partial charge in [0.25, 0.3) is 0 Å². The molecule has 0 aliphatic heterocycles. The Morgan fingerprint density at radius 2 is 1.71 bits per heavy atom. The predicted molar refractivity (Wildman–Crippen MR) is 70.2 cm³/mol. The largest absolute Gasteiger partial charge is 0.427 e. The molecule has 94 valence electrons. The number of carbonyl (C=O) groups excluding carboxylic acids is 1. The van der Waals surface area contributed by atoms with Gasteiger partial charge in [-0.2, -0.15) is 0 Å². The summed E-state index contributed by atoms with van der Waals surface area (Å²) in [6.07, 6.45) is 5.93. The Kier molecular flexibility index (Phi) is 6.38. The molecular formula is C15H22O2. The summed E-state index contributed by atoms with van der Waals surface area (Å²) in [6.45, 7) is 4.25. The predicted octanol–water partition coefficient (Wildman–Crippen LogP) is 4.12. The van der Waals surface area contributed by atoms with Gasteiger partial charge in [-0.05, 0) is 37.0 Å². The van der Waals surface area contributed by atoms with E-state index in [-0.39, 0.29) is 5.97 Å². The number of hydrogen-bond acceptors (Lipinski definition) is 2. The Labute approximate surface area is 104 Å². The molecule has 0 saturated carbocycles. The number of rotatable bonds is 7. The number of esters is 1. The van der Waals surface area contributed by atoms with E-state index in [0.29, 0.717) is 12.2 Å². The highest BCUT2D eigenvalue weighted by Gasteiger charge is 2.03. The first kappa shape index (κ1) is 13.8. The minimum Gasteiger partial charge on any atom is -0.427 e. The van der Waals surface area contributed by atoms with E-state index in [1.807, 2.05) is 24.3 Å². The lowest BCUT2D eigenvalue weighted by Gasteiger charge is -2.05. The van der Waals surface area contributed by atoms with Gasteiger partial charge in [0.15, 0.2) is 0 Å². The number of unbranched alkanes of at least 4 members (excludes halogenated alkanes) is 2. The standard InChI is InChI=1S/C15H22O2/c1-3-5-7-13-9-11-14(12-10-13)17-15(16)8-6-4-2/h9-12H,3-8H2,1-2H3. The van der Waals surface area contributed by atoms with Gasteiger partial charge in [-0.15, -0.1) is 0 Å². The number of benzene rings is 1. The van der Waals surface area contributed by atoms with Gasteiger partial charge in [0.05, 0.1) is 0 Å². The Hall–Kier alpha value is -1.31. The van der Waals surface area contributed by atoms with Crippen LogP contribution in [0, 0.1) is 0 Å². The molecule has 0 heterocycles. The molecule has 2 heteroatoms. The monoisotopic (exact) mass is 234 g/mol. The van der Waals surface area contributed by atoms with E-state index in [4.69, 9.17) is 4.74 Å². The Morgan fingerprint density at radius 1 is 1.06 bits per heavy atom. The summed E-state index contributed by atoms with van der Waals surface area (Å²) >= 11 is 0. The van der Waals surface area contributed by atoms with Gasteiger partial charge in [-0.3, -0.25) is 4.79 Å². The van der Waals surface area contributed by atoms with Crippen molar-refractivity contribution >= 4 is 5.97 Å². The van der Waals surface area contributed by atoms with Crippen molar-refractivity contribution in [2.24, 2.45) is 0 Å². The van der Waals surface area contributed by atoms with Crippen molar-refractivity contribution in [3.63, 3.8) is 0 Å². The van der Waals surface area contributed by atoms with Crippen molar-refractivity contribution in [3.05, 3.63) is 29.8 Å². The smallest absolute Gasteiger partial charge is 0.311 e. The van der Waals surface area contributed by atoms with Crippen LogP contribution in [0.3, 0.4) is 0 Å². The summed E-state index contributed by atoms with van der Waals surface area (Å²) in [5.74, 6) is 0.527. The van der Waals surface area contributed by atoms with Crippen LogP contribution in [0.4, 0.5) is 0 Å². The van der Waals surface area contributed by atoms with Gasteiger partial charge in [0, 0.05) is 6.42 Å². The summed E-state index contributed by atoms with van der Waals surface area (Å²) in [5, 5.41) is 0. The molecule has 2 nitrogen and oxygen atoms in total. The van der Waals surface area contributed by atoms with Crippen molar-refractivity contribution in [2.75, 3.05) is 0 Å². The van der Waals surface area contributed by atoms with Crippen LogP contribution in [0.1, 0.15) is 51.5 Å². The molecule has 1 rings (SSSR count). The molecule has 0 radical (unpaired) electrons. The van der Waals surface area contributed by atoms with E-state index >= 15 is 0 Å². The lowest BCUT2D eigenvalue weighted by atomic mass is 10.1. The average molecular weight is 234 g/mol. The molecule has 1 aromatic rings.